The van der Waals surface area contributed by atoms with Gasteiger partial charge in [0.05, 0.1) is 5.52 Å². The Morgan fingerprint density at radius 2 is 2.35 bits per heavy atom. The minimum Gasteiger partial charge on any atom is -0.388 e. The highest BCUT2D eigenvalue weighted by atomic mass is 32.2. The number of ether oxygens (including phenoxy) is 1. The number of aliphatic hydroxyl groups excluding tert-OH is 1. The van der Waals surface area contributed by atoms with Gasteiger partial charge in [0.25, 0.3) is 0 Å². The summed E-state index contributed by atoms with van der Waals surface area (Å²) in [7, 11) is 1.57. The van der Waals surface area contributed by atoms with Crippen LogP contribution in [0.25, 0.3) is 11.0 Å². The zero-order valence-corrected chi connectivity index (χ0v) is 12.3. The predicted octanol–water partition coefficient (Wildman–Crippen LogP) is 0.326. The number of H-pyrrole nitrogens is 1. The number of fused-ring (bicyclic) bond motifs is 1. The second kappa shape index (κ2) is 6.89. The van der Waals surface area contributed by atoms with Gasteiger partial charge in [-0.25, -0.2) is 9.97 Å². The molecule has 7 nitrogen and oxygen atoms in total. The Morgan fingerprint density at radius 1 is 1.55 bits per heavy atom. The van der Waals surface area contributed by atoms with Crippen molar-refractivity contribution in [2.75, 3.05) is 24.9 Å². The second-order valence-corrected chi connectivity index (χ2v) is 5.27. The number of nitrogens with zero attached hydrogens (tertiary/aromatic N) is 2. The minimum atomic E-state index is -0.570. The van der Waals surface area contributed by atoms with E-state index < -0.39 is 12.3 Å². The molecule has 0 aliphatic carbocycles. The monoisotopic (exact) mass is 297 g/mol. The first-order valence-electron chi connectivity index (χ1n) is 6.17. The van der Waals surface area contributed by atoms with Crippen LogP contribution in [-0.4, -0.2) is 51.5 Å². The van der Waals surface area contributed by atoms with Crippen LogP contribution in [0.4, 0.5) is 5.82 Å². The lowest BCUT2D eigenvalue weighted by Crippen LogP contribution is -2.42. The van der Waals surface area contributed by atoms with E-state index in [4.69, 9.17) is 10.5 Å². The van der Waals surface area contributed by atoms with Crippen molar-refractivity contribution in [2.24, 2.45) is 0 Å². The lowest BCUT2D eigenvalue weighted by molar-refractivity contribution is -0.0213. The summed E-state index contributed by atoms with van der Waals surface area (Å²) in [5.74, 6) is 1.03. The Bertz CT molecular complexity index is 562. The summed E-state index contributed by atoms with van der Waals surface area (Å²) < 4.78 is 5.26. The third-order valence-electron chi connectivity index (χ3n) is 3.01. The fourth-order valence-corrected chi connectivity index (χ4v) is 2.51. The second-order valence-electron chi connectivity index (χ2n) is 4.36. The molecule has 0 spiro atoms. The van der Waals surface area contributed by atoms with Gasteiger partial charge in [0, 0.05) is 31.2 Å². The third kappa shape index (κ3) is 3.21. The van der Waals surface area contributed by atoms with Gasteiger partial charge < -0.3 is 20.6 Å². The molecule has 2 atom stereocenters. The number of methoxy groups -OCH3 is 1. The van der Waals surface area contributed by atoms with Crippen LogP contribution < -0.4 is 11.1 Å². The molecular weight excluding hydrogens is 278 g/mol. The van der Waals surface area contributed by atoms with Gasteiger partial charge in [-0.15, -0.1) is 0 Å². The van der Waals surface area contributed by atoms with Crippen LogP contribution >= 0.6 is 11.8 Å². The summed E-state index contributed by atoms with van der Waals surface area (Å²) in [6.45, 7) is 0.514. The molecule has 0 saturated heterocycles. The van der Waals surface area contributed by atoms with Crippen molar-refractivity contribution >= 4 is 28.6 Å². The number of aromatic amines is 1. The number of nitrogens with two attached hydrogens (primary N) is 1. The lowest BCUT2D eigenvalue weighted by atomic mass is 10.2. The number of nitrogen functional groups attached to an aromatic ring is 1. The topological polar surface area (TPSA) is 109 Å². The van der Waals surface area contributed by atoms with Crippen molar-refractivity contribution in [3.8, 4) is 0 Å². The lowest BCUT2D eigenvalue weighted by Gasteiger charge is -2.22. The normalized spacial score (nSPS) is 14.6. The largest absolute Gasteiger partial charge is 0.388 e. The molecule has 2 aromatic heterocycles. The Hall–Kier alpha value is -1.35. The van der Waals surface area contributed by atoms with Crippen LogP contribution in [-0.2, 0) is 11.3 Å². The molecule has 0 fully saturated rings. The molecule has 5 N–H and O–H groups in total. The molecule has 0 saturated carbocycles. The molecule has 2 rings (SSSR count). The average Bonchev–Trinajstić information content (AvgIpc) is 2.85. The van der Waals surface area contributed by atoms with Gasteiger partial charge >= 0.3 is 0 Å². The molecule has 0 bridgehead atoms. The molecule has 0 amide bonds. The summed E-state index contributed by atoms with van der Waals surface area (Å²) in [6, 6.07) is 0. The van der Waals surface area contributed by atoms with Gasteiger partial charge in [-0.3, -0.25) is 5.32 Å². The molecule has 8 heteroatoms. The Kier molecular flexibility index (Phi) is 5.18. The van der Waals surface area contributed by atoms with E-state index in [0.29, 0.717) is 18.1 Å². The van der Waals surface area contributed by atoms with E-state index in [-0.39, 0.29) is 0 Å². The molecule has 0 radical (unpaired) electrons. The molecule has 2 heterocycles. The van der Waals surface area contributed by atoms with Crippen molar-refractivity contribution in [1.29, 1.82) is 0 Å². The van der Waals surface area contributed by atoms with E-state index >= 15 is 0 Å². The van der Waals surface area contributed by atoms with E-state index in [1.807, 2.05) is 12.5 Å². The van der Waals surface area contributed by atoms with E-state index in [9.17, 15) is 5.11 Å². The highest BCUT2D eigenvalue weighted by Gasteiger charge is 2.18. The summed E-state index contributed by atoms with van der Waals surface area (Å²) in [5, 5.41) is 13.1. The van der Waals surface area contributed by atoms with E-state index in [1.54, 1.807) is 18.9 Å². The maximum atomic E-state index is 9.93. The zero-order chi connectivity index (χ0) is 14.5. The summed E-state index contributed by atoms with van der Waals surface area (Å²) >= 11 is 1.57. The van der Waals surface area contributed by atoms with Crippen LogP contribution in [0.1, 0.15) is 5.56 Å². The summed E-state index contributed by atoms with van der Waals surface area (Å²) in [5.41, 5.74) is 8.22. The SMILES string of the molecule is CO[C@H](NCc1c[nH]c2c(N)ncnc12)[C@H](O)CSC. The number of hydrogen-bond acceptors (Lipinski definition) is 7. The Balaban J connectivity index is 2.07. The van der Waals surface area contributed by atoms with E-state index in [0.717, 1.165) is 16.6 Å². The quantitative estimate of drug-likeness (QED) is 0.545. The third-order valence-corrected chi connectivity index (χ3v) is 3.68. The fourth-order valence-electron chi connectivity index (χ4n) is 1.99. The molecule has 0 aliphatic rings. The van der Waals surface area contributed by atoms with Crippen LogP contribution in [0.3, 0.4) is 0 Å². The molecule has 2 aromatic rings. The summed E-state index contributed by atoms with van der Waals surface area (Å²) in [6.07, 6.45) is 4.21. The highest BCUT2D eigenvalue weighted by molar-refractivity contribution is 7.98. The first-order valence-corrected chi connectivity index (χ1v) is 7.56. The minimum absolute atomic E-state index is 0.423. The number of aromatic nitrogens is 3. The Labute approximate surface area is 121 Å². The number of hydrogen-bond donors (Lipinski definition) is 4. The van der Waals surface area contributed by atoms with Crippen molar-refractivity contribution in [2.45, 2.75) is 18.9 Å². The highest BCUT2D eigenvalue weighted by Crippen LogP contribution is 2.19. The number of anilines is 1. The van der Waals surface area contributed by atoms with Crippen molar-refractivity contribution in [3.63, 3.8) is 0 Å². The average molecular weight is 297 g/mol. The first-order chi connectivity index (χ1) is 9.67. The zero-order valence-electron chi connectivity index (χ0n) is 11.5. The molecule has 0 aromatic carbocycles. The summed E-state index contributed by atoms with van der Waals surface area (Å²) in [4.78, 5) is 11.2. The first kappa shape index (κ1) is 15.0. The van der Waals surface area contributed by atoms with Crippen molar-refractivity contribution < 1.29 is 9.84 Å². The molecular formula is C12H19N5O2S. The van der Waals surface area contributed by atoms with E-state index in [1.165, 1.54) is 6.33 Å². The van der Waals surface area contributed by atoms with Crippen LogP contribution in [0.5, 0.6) is 0 Å². The molecule has 110 valence electrons. The maximum Gasteiger partial charge on any atom is 0.151 e. The smallest absolute Gasteiger partial charge is 0.151 e. The van der Waals surface area contributed by atoms with Crippen LogP contribution in [0.15, 0.2) is 12.5 Å². The van der Waals surface area contributed by atoms with Gasteiger partial charge in [-0.05, 0) is 6.26 Å². The van der Waals surface area contributed by atoms with Gasteiger partial charge in [-0.1, -0.05) is 0 Å². The van der Waals surface area contributed by atoms with Crippen molar-refractivity contribution in [1.82, 2.24) is 20.3 Å². The van der Waals surface area contributed by atoms with Crippen LogP contribution in [0, 0.1) is 0 Å². The fraction of sp³-hybridized carbons (Fsp3) is 0.500. The molecule has 0 aliphatic heterocycles. The van der Waals surface area contributed by atoms with Crippen molar-refractivity contribution in [3.05, 3.63) is 18.1 Å². The number of thioether (sulfide) groups is 1. The predicted molar refractivity (Wildman–Crippen MR) is 80.3 cm³/mol. The number of rotatable bonds is 7. The number of nitrogens with one attached hydrogen (secondary N) is 2. The Morgan fingerprint density at radius 3 is 3.05 bits per heavy atom. The number of aliphatic hydroxyl groups is 1. The maximum absolute atomic E-state index is 9.93. The van der Waals surface area contributed by atoms with Gasteiger partial charge in [0.15, 0.2) is 5.82 Å². The molecule has 20 heavy (non-hydrogen) atoms. The van der Waals surface area contributed by atoms with Gasteiger partial charge in [0.1, 0.15) is 24.2 Å². The standard InChI is InChI=1S/C12H19N5O2S/c1-19-12(8(18)5-20-2)15-4-7-3-14-10-9(7)16-6-17-11(10)13/h3,6,8,12,14-15,18H,4-5H2,1-2H3,(H2,13,16,17)/t8-,12+/m1/s1. The van der Waals surface area contributed by atoms with E-state index in [2.05, 4.69) is 20.3 Å². The van der Waals surface area contributed by atoms with Gasteiger partial charge in [-0.2, -0.15) is 11.8 Å². The molecule has 0 unspecified atom stereocenters. The van der Waals surface area contributed by atoms with Gasteiger partial charge in [0.2, 0.25) is 0 Å². The van der Waals surface area contributed by atoms with Crippen LogP contribution in [0.2, 0.25) is 0 Å².